The Hall–Kier alpha value is -3.45. The van der Waals surface area contributed by atoms with Crippen LogP contribution in [0.1, 0.15) is 29.9 Å². The Morgan fingerprint density at radius 3 is 2.69 bits per heavy atom. The van der Waals surface area contributed by atoms with Gasteiger partial charge < -0.3 is 9.15 Å². The lowest BCUT2D eigenvalue weighted by Crippen LogP contribution is -2.42. The average molecular weight is 431 g/mol. The predicted molar refractivity (Wildman–Crippen MR) is 122 cm³/mol. The topological polar surface area (TPSA) is 79.3 Å². The zero-order chi connectivity index (χ0) is 22.2. The fraction of sp³-hybridized carbons (Fsp3) is 0.320. The van der Waals surface area contributed by atoms with Crippen LogP contribution >= 0.6 is 0 Å². The molecule has 0 N–H and O–H groups in total. The molecule has 1 atom stereocenters. The van der Waals surface area contributed by atoms with Crippen molar-refractivity contribution in [1.82, 2.24) is 14.1 Å². The molecule has 32 heavy (non-hydrogen) atoms. The Bertz CT molecular complexity index is 1410. The molecule has 1 aliphatic heterocycles. The van der Waals surface area contributed by atoms with Gasteiger partial charge in [0.05, 0.1) is 30.1 Å². The number of nitrogens with zero attached hydrogens (tertiary/aromatic N) is 3. The zero-order valence-electron chi connectivity index (χ0n) is 18.2. The summed E-state index contributed by atoms with van der Waals surface area (Å²) in [5, 5.41) is 0.505. The van der Waals surface area contributed by atoms with Gasteiger partial charge in [-0.2, -0.15) is 0 Å². The fourth-order valence-electron chi connectivity index (χ4n) is 4.30. The molecule has 0 unspecified atom stereocenters. The lowest BCUT2D eigenvalue weighted by Gasteiger charge is -2.16. The van der Waals surface area contributed by atoms with Crippen LogP contribution in [0.15, 0.2) is 62.5 Å². The van der Waals surface area contributed by atoms with E-state index in [0.717, 1.165) is 24.0 Å². The molecule has 1 aliphatic rings. The second-order valence-corrected chi connectivity index (χ2v) is 8.33. The maximum atomic E-state index is 13.4. The van der Waals surface area contributed by atoms with Crippen molar-refractivity contribution in [2.24, 2.45) is 0 Å². The van der Waals surface area contributed by atoms with Crippen molar-refractivity contribution in [3.8, 4) is 11.5 Å². The molecule has 0 amide bonds. The van der Waals surface area contributed by atoms with Crippen LogP contribution in [0.3, 0.4) is 0 Å². The van der Waals surface area contributed by atoms with E-state index < -0.39 is 0 Å². The molecule has 2 aromatic heterocycles. The van der Waals surface area contributed by atoms with Crippen molar-refractivity contribution >= 4 is 10.9 Å². The van der Waals surface area contributed by atoms with Crippen LogP contribution < -0.4 is 11.2 Å². The first kappa shape index (κ1) is 20.5. The highest BCUT2D eigenvalue weighted by Crippen LogP contribution is 2.23. The molecule has 0 spiro atoms. The molecule has 0 aliphatic carbocycles. The monoisotopic (exact) mass is 431 g/mol. The minimum absolute atomic E-state index is 0.114. The Morgan fingerprint density at radius 1 is 1.06 bits per heavy atom. The first-order valence-electron chi connectivity index (χ1n) is 10.9. The molecule has 0 bridgehead atoms. The number of oxazole rings is 1. The van der Waals surface area contributed by atoms with Gasteiger partial charge in [0.2, 0.25) is 5.89 Å². The quantitative estimate of drug-likeness (QED) is 0.482. The molecule has 0 saturated carbocycles. The van der Waals surface area contributed by atoms with E-state index in [1.54, 1.807) is 16.7 Å². The van der Waals surface area contributed by atoms with Gasteiger partial charge in [0, 0.05) is 12.2 Å². The van der Waals surface area contributed by atoms with Gasteiger partial charge in [-0.15, -0.1) is 0 Å². The first-order chi connectivity index (χ1) is 15.5. The molecule has 0 radical (unpaired) electrons. The molecule has 1 fully saturated rings. The van der Waals surface area contributed by atoms with E-state index in [9.17, 15) is 9.59 Å². The summed E-state index contributed by atoms with van der Waals surface area (Å²) in [4.78, 5) is 31.2. The van der Waals surface area contributed by atoms with Gasteiger partial charge in [-0.1, -0.05) is 29.8 Å². The summed E-state index contributed by atoms with van der Waals surface area (Å²) in [6.07, 6.45) is 1.68. The Kier molecular flexibility index (Phi) is 5.27. The van der Waals surface area contributed by atoms with E-state index in [-0.39, 0.29) is 30.4 Å². The molecule has 7 nitrogen and oxygen atoms in total. The number of fused-ring (bicyclic) bond motifs is 1. The number of benzene rings is 2. The summed E-state index contributed by atoms with van der Waals surface area (Å²) in [7, 11) is 0. The van der Waals surface area contributed by atoms with E-state index in [1.807, 2.05) is 50.2 Å². The van der Waals surface area contributed by atoms with Crippen molar-refractivity contribution in [2.75, 3.05) is 6.61 Å². The number of hydrogen-bond donors (Lipinski definition) is 0. The second kappa shape index (κ2) is 8.24. The van der Waals surface area contributed by atoms with Crippen LogP contribution in [-0.2, 0) is 17.8 Å². The lowest BCUT2D eigenvalue weighted by molar-refractivity contribution is 0.0948. The van der Waals surface area contributed by atoms with Crippen molar-refractivity contribution in [2.45, 2.75) is 45.9 Å². The molecule has 5 rings (SSSR count). The van der Waals surface area contributed by atoms with Gasteiger partial charge in [0.1, 0.15) is 11.5 Å². The molecular weight excluding hydrogens is 406 g/mol. The van der Waals surface area contributed by atoms with Crippen LogP contribution in [0.4, 0.5) is 0 Å². The summed E-state index contributed by atoms with van der Waals surface area (Å²) in [5.41, 5.74) is 2.61. The predicted octanol–water partition coefficient (Wildman–Crippen LogP) is 3.66. The average Bonchev–Trinajstić information content (AvgIpc) is 3.44. The van der Waals surface area contributed by atoms with Gasteiger partial charge in [-0.3, -0.25) is 13.9 Å². The minimum Gasteiger partial charge on any atom is -0.441 e. The molecule has 3 heterocycles. The van der Waals surface area contributed by atoms with E-state index in [1.165, 1.54) is 4.57 Å². The van der Waals surface area contributed by atoms with Crippen molar-refractivity contribution in [3.63, 3.8) is 0 Å². The van der Waals surface area contributed by atoms with Crippen LogP contribution in [0.5, 0.6) is 0 Å². The largest absolute Gasteiger partial charge is 0.441 e. The van der Waals surface area contributed by atoms with Crippen molar-refractivity contribution < 1.29 is 9.15 Å². The third kappa shape index (κ3) is 3.69. The Morgan fingerprint density at radius 2 is 1.91 bits per heavy atom. The van der Waals surface area contributed by atoms with Gasteiger partial charge in [-0.05, 0) is 51.0 Å². The third-order valence-corrected chi connectivity index (χ3v) is 6.01. The Labute approximate surface area is 184 Å². The summed E-state index contributed by atoms with van der Waals surface area (Å²) < 4.78 is 14.5. The molecule has 164 valence electrons. The highest BCUT2D eigenvalue weighted by Gasteiger charge is 2.21. The standard InChI is InChI=1S/C25H25N3O4/c1-16-7-5-8-18(13-16)23-26-21(17(2)32-23)15-27-22-11-4-3-10-20(22)24(29)28(25(27)30)14-19-9-6-12-31-19/h3-5,7-8,10-11,13,19H,6,9,12,14-15H2,1-2H3/t19-/m0/s1. The SMILES string of the molecule is Cc1cccc(-c2nc(Cn3c(=O)n(C[C@@H]4CCCO4)c(=O)c4ccccc43)c(C)o2)c1. The molecule has 7 heteroatoms. The van der Waals surface area contributed by atoms with Gasteiger partial charge in [0.15, 0.2) is 0 Å². The van der Waals surface area contributed by atoms with E-state index >= 15 is 0 Å². The number of aryl methyl sites for hydroxylation is 2. The Balaban J connectivity index is 1.60. The highest BCUT2D eigenvalue weighted by atomic mass is 16.5. The van der Waals surface area contributed by atoms with Crippen molar-refractivity contribution in [1.29, 1.82) is 0 Å². The van der Waals surface area contributed by atoms with Gasteiger partial charge in [0.25, 0.3) is 5.56 Å². The van der Waals surface area contributed by atoms with Crippen LogP contribution in [0, 0.1) is 13.8 Å². The maximum absolute atomic E-state index is 13.4. The fourth-order valence-corrected chi connectivity index (χ4v) is 4.30. The molecule has 1 saturated heterocycles. The van der Waals surface area contributed by atoms with Gasteiger partial charge in [-0.25, -0.2) is 9.78 Å². The number of aromatic nitrogens is 3. The van der Waals surface area contributed by atoms with E-state index in [0.29, 0.717) is 34.9 Å². The molecule has 2 aromatic carbocycles. The first-order valence-corrected chi connectivity index (χ1v) is 10.9. The van der Waals surface area contributed by atoms with Crippen LogP contribution in [0.2, 0.25) is 0 Å². The molecule has 4 aromatic rings. The minimum atomic E-state index is -0.358. The number of hydrogen-bond acceptors (Lipinski definition) is 5. The normalized spacial score (nSPS) is 16.1. The van der Waals surface area contributed by atoms with E-state index in [2.05, 4.69) is 4.98 Å². The van der Waals surface area contributed by atoms with Gasteiger partial charge >= 0.3 is 5.69 Å². The summed E-state index contributed by atoms with van der Waals surface area (Å²) >= 11 is 0. The smallest absolute Gasteiger partial charge is 0.331 e. The zero-order valence-corrected chi connectivity index (χ0v) is 18.2. The second-order valence-electron chi connectivity index (χ2n) is 8.33. The highest BCUT2D eigenvalue weighted by molar-refractivity contribution is 5.77. The van der Waals surface area contributed by atoms with E-state index in [4.69, 9.17) is 9.15 Å². The summed E-state index contributed by atoms with van der Waals surface area (Å²) in [5.74, 6) is 1.17. The summed E-state index contributed by atoms with van der Waals surface area (Å²) in [6.45, 7) is 5.00. The maximum Gasteiger partial charge on any atom is 0.331 e. The number of para-hydroxylation sites is 1. The van der Waals surface area contributed by atoms with Crippen LogP contribution in [-0.4, -0.2) is 26.8 Å². The number of ether oxygens (including phenoxy) is 1. The number of rotatable bonds is 5. The van der Waals surface area contributed by atoms with Crippen LogP contribution in [0.25, 0.3) is 22.4 Å². The summed E-state index contributed by atoms with van der Waals surface area (Å²) in [6, 6.07) is 15.1. The lowest BCUT2D eigenvalue weighted by atomic mass is 10.1. The molecular formula is C25H25N3O4. The van der Waals surface area contributed by atoms with Crippen molar-refractivity contribution in [3.05, 3.63) is 86.4 Å². The third-order valence-electron chi connectivity index (χ3n) is 6.01.